The summed E-state index contributed by atoms with van der Waals surface area (Å²) in [7, 11) is -7.22. The van der Waals surface area contributed by atoms with Crippen LogP contribution in [0.3, 0.4) is 0 Å². The smallest absolute Gasteiger partial charge is 0.243 e. The van der Waals surface area contributed by atoms with Gasteiger partial charge in [0.05, 0.1) is 27.8 Å². The van der Waals surface area contributed by atoms with Crippen LogP contribution < -0.4 is 14.5 Å². The standard InChI is InChI=1S/C23H26FN3O2S2.C22H24FN3O3S2/c1-2-3-18-4-6-19(7-5-18)16-21-17-30-23(25-21)26-12-14-27(15-13-26)31(28,29)22-10-8-20(24)9-11-22;1-2-29-20-7-3-17(4-8-20)15-19-16-30-22(24-19)25-11-13-26(14-12-25)31(27,28)21-9-5-18(23)6-10-21/h4-11,17H,2-3,12-16H2,1H3;3-10,16H,2,11-15H2,1H3. The van der Waals surface area contributed by atoms with Crippen molar-refractivity contribution in [1.29, 1.82) is 0 Å². The van der Waals surface area contributed by atoms with E-state index in [9.17, 15) is 25.6 Å². The van der Waals surface area contributed by atoms with Gasteiger partial charge in [0.1, 0.15) is 17.4 Å². The Hall–Kier alpha value is -4.78. The molecule has 0 saturated carbocycles. The molecule has 328 valence electrons. The molecular formula is C45H50F2N6O5S4. The Morgan fingerprint density at radius 2 is 0.935 bits per heavy atom. The first-order chi connectivity index (χ1) is 29.9. The Kier molecular flexibility index (Phi) is 15.0. The monoisotopic (exact) mass is 920 g/mol. The number of rotatable bonds is 14. The minimum atomic E-state index is -3.61. The van der Waals surface area contributed by atoms with Crippen LogP contribution in [0.1, 0.15) is 48.3 Å². The molecule has 0 radical (unpaired) electrons. The van der Waals surface area contributed by atoms with Crippen molar-refractivity contribution in [3.8, 4) is 5.75 Å². The molecule has 0 spiro atoms. The van der Waals surface area contributed by atoms with E-state index in [0.29, 0.717) is 59.0 Å². The molecule has 62 heavy (non-hydrogen) atoms. The molecule has 4 heterocycles. The number of piperazine rings is 2. The lowest BCUT2D eigenvalue weighted by Gasteiger charge is -2.33. The van der Waals surface area contributed by atoms with Gasteiger partial charge in [0, 0.05) is 76.0 Å². The van der Waals surface area contributed by atoms with E-state index in [0.717, 1.165) is 58.6 Å². The van der Waals surface area contributed by atoms with E-state index in [1.165, 1.54) is 68.3 Å². The fourth-order valence-electron chi connectivity index (χ4n) is 7.20. The number of hydrogen-bond donors (Lipinski definition) is 0. The largest absolute Gasteiger partial charge is 0.494 e. The number of hydrogen-bond acceptors (Lipinski definition) is 11. The average molecular weight is 921 g/mol. The maximum atomic E-state index is 13.1. The van der Waals surface area contributed by atoms with Gasteiger partial charge in [0.2, 0.25) is 20.0 Å². The molecule has 0 aliphatic carbocycles. The van der Waals surface area contributed by atoms with Gasteiger partial charge in [0.25, 0.3) is 0 Å². The minimum Gasteiger partial charge on any atom is -0.494 e. The zero-order chi connectivity index (χ0) is 43.7. The van der Waals surface area contributed by atoms with Gasteiger partial charge in [-0.05, 0) is 90.7 Å². The van der Waals surface area contributed by atoms with Crippen molar-refractivity contribution < 1.29 is 30.4 Å². The molecule has 2 fully saturated rings. The van der Waals surface area contributed by atoms with Crippen LogP contribution in [0.4, 0.5) is 19.0 Å². The number of benzene rings is 4. The van der Waals surface area contributed by atoms with Crippen LogP contribution in [0.25, 0.3) is 0 Å². The molecule has 6 aromatic rings. The van der Waals surface area contributed by atoms with Gasteiger partial charge in [-0.3, -0.25) is 0 Å². The Labute approximate surface area is 371 Å². The van der Waals surface area contributed by atoms with Gasteiger partial charge < -0.3 is 14.5 Å². The topological polar surface area (TPSA) is 116 Å². The first kappa shape index (κ1) is 45.3. The Morgan fingerprint density at radius 1 is 0.548 bits per heavy atom. The lowest BCUT2D eigenvalue weighted by Crippen LogP contribution is -2.48. The summed E-state index contributed by atoms with van der Waals surface area (Å²) in [6, 6.07) is 26.7. The second-order valence-corrected chi connectivity index (χ2v) is 20.5. The molecule has 11 nitrogen and oxygen atoms in total. The highest BCUT2D eigenvalue weighted by Gasteiger charge is 2.31. The summed E-state index contributed by atoms with van der Waals surface area (Å²) >= 11 is 3.17. The van der Waals surface area contributed by atoms with E-state index in [-0.39, 0.29) is 9.79 Å². The first-order valence-corrected chi connectivity index (χ1v) is 25.2. The molecule has 8 rings (SSSR count). The average Bonchev–Trinajstić information content (AvgIpc) is 3.96. The molecule has 0 N–H and O–H groups in total. The first-order valence-electron chi connectivity index (χ1n) is 20.6. The van der Waals surface area contributed by atoms with Gasteiger partial charge >= 0.3 is 0 Å². The molecule has 0 amide bonds. The number of thiazole rings is 2. The lowest BCUT2D eigenvalue weighted by atomic mass is 10.1. The van der Waals surface area contributed by atoms with Crippen LogP contribution >= 0.6 is 22.7 Å². The van der Waals surface area contributed by atoms with Crippen molar-refractivity contribution in [2.45, 2.75) is 49.3 Å². The van der Waals surface area contributed by atoms with Crippen LogP contribution in [-0.4, -0.2) is 94.4 Å². The summed E-state index contributed by atoms with van der Waals surface area (Å²) in [5.74, 6) is -0.0347. The third-order valence-electron chi connectivity index (χ3n) is 10.6. The van der Waals surface area contributed by atoms with E-state index >= 15 is 0 Å². The number of ether oxygens (including phenoxy) is 1. The molecule has 4 aromatic carbocycles. The second kappa shape index (κ2) is 20.6. The summed E-state index contributed by atoms with van der Waals surface area (Å²) < 4.78 is 85.8. The van der Waals surface area contributed by atoms with Crippen LogP contribution in [0, 0.1) is 11.6 Å². The number of sulfonamides is 2. The fourth-order valence-corrected chi connectivity index (χ4v) is 11.8. The highest BCUT2D eigenvalue weighted by atomic mass is 32.2. The molecule has 17 heteroatoms. The predicted octanol–water partition coefficient (Wildman–Crippen LogP) is 8.12. The maximum Gasteiger partial charge on any atom is 0.243 e. The van der Waals surface area contributed by atoms with E-state index in [1.54, 1.807) is 22.7 Å². The SMILES string of the molecule is CCCc1ccc(Cc2csc(N3CCN(S(=O)(=O)c4ccc(F)cc4)CC3)n2)cc1.CCOc1ccc(Cc2csc(N3CCN(S(=O)(=O)c4ccc(F)cc4)CC3)n2)cc1. The van der Waals surface area contributed by atoms with Crippen LogP contribution in [-0.2, 0) is 39.3 Å². The van der Waals surface area contributed by atoms with E-state index in [2.05, 4.69) is 46.4 Å². The highest BCUT2D eigenvalue weighted by molar-refractivity contribution is 7.89. The van der Waals surface area contributed by atoms with Crippen molar-refractivity contribution in [2.75, 3.05) is 68.8 Å². The lowest BCUT2D eigenvalue weighted by molar-refractivity contribution is 0.340. The summed E-state index contributed by atoms with van der Waals surface area (Å²) in [6.45, 7) is 8.59. The van der Waals surface area contributed by atoms with Gasteiger partial charge in [-0.2, -0.15) is 8.61 Å². The molecule has 2 aliphatic heterocycles. The Bertz CT molecular complexity index is 2390. The number of aromatic nitrogens is 2. The molecule has 0 atom stereocenters. The Morgan fingerprint density at radius 3 is 1.32 bits per heavy atom. The molecule has 2 aromatic heterocycles. The normalized spacial score (nSPS) is 15.3. The molecule has 0 bridgehead atoms. The maximum absolute atomic E-state index is 13.1. The van der Waals surface area contributed by atoms with Gasteiger partial charge in [-0.25, -0.2) is 35.6 Å². The second-order valence-electron chi connectivity index (χ2n) is 14.9. The van der Waals surface area contributed by atoms with Crippen LogP contribution in [0.15, 0.2) is 118 Å². The predicted molar refractivity (Wildman–Crippen MR) is 243 cm³/mol. The van der Waals surface area contributed by atoms with Gasteiger partial charge in [-0.15, -0.1) is 22.7 Å². The number of halogens is 2. The fraction of sp³-hybridized carbons (Fsp3) is 0.333. The van der Waals surface area contributed by atoms with Crippen molar-refractivity contribution >= 4 is 53.0 Å². The van der Waals surface area contributed by atoms with Crippen molar-refractivity contribution in [3.05, 3.63) is 148 Å². The summed E-state index contributed by atoms with van der Waals surface area (Å²) in [6.07, 6.45) is 3.78. The van der Waals surface area contributed by atoms with Crippen molar-refractivity contribution in [1.82, 2.24) is 18.6 Å². The summed E-state index contributed by atoms with van der Waals surface area (Å²) in [5, 5.41) is 5.96. The quantitative estimate of drug-likeness (QED) is 0.107. The molecule has 2 saturated heterocycles. The third kappa shape index (κ3) is 11.4. The Balaban J connectivity index is 0.000000186. The van der Waals surface area contributed by atoms with E-state index < -0.39 is 31.7 Å². The molecular weight excluding hydrogens is 871 g/mol. The molecule has 2 aliphatic rings. The highest BCUT2D eigenvalue weighted by Crippen LogP contribution is 2.28. The van der Waals surface area contributed by atoms with Gasteiger partial charge in [0.15, 0.2) is 10.3 Å². The van der Waals surface area contributed by atoms with E-state index in [4.69, 9.17) is 14.7 Å². The van der Waals surface area contributed by atoms with Crippen LogP contribution in [0.2, 0.25) is 0 Å². The zero-order valence-electron chi connectivity index (χ0n) is 34.7. The molecule has 0 unspecified atom stereocenters. The van der Waals surface area contributed by atoms with Crippen molar-refractivity contribution in [3.63, 3.8) is 0 Å². The third-order valence-corrected chi connectivity index (χ3v) is 16.3. The zero-order valence-corrected chi connectivity index (χ0v) is 38.0. The number of anilines is 2. The van der Waals surface area contributed by atoms with Crippen molar-refractivity contribution in [2.24, 2.45) is 0 Å². The van der Waals surface area contributed by atoms with Crippen LogP contribution in [0.5, 0.6) is 5.75 Å². The number of aryl methyl sites for hydroxylation is 1. The van der Waals surface area contributed by atoms with E-state index in [1.807, 2.05) is 36.6 Å². The van der Waals surface area contributed by atoms with Gasteiger partial charge in [-0.1, -0.05) is 49.7 Å². The number of nitrogens with zero attached hydrogens (tertiary/aromatic N) is 6. The summed E-state index contributed by atoms with van der Waals surface area (Å²) in [4.78, 5) is 14.0. The summed E-state index contributed by atoms with van der Waals surface area (Å²) in [5.41, 5.74) is 5.79. The minimum absolute atomic E-state index is 0.120.